The van der Waals surface area contributed by atoms with E-state index < -0.39 is 35.6 Å². The third kappa shape index (κ3) is 3.89. The lowest BCUT2D eigenvalue weighted by atomic mass is 10.0. The smallest absolute Gasteiger partial charge is 0.307 e. The number of imide groups is 2. The molecular formula is C22H19N3O6. The topological polar surface area (TPSA) is 133 Å². The quantitative estimate of drug-likeness (QED) is 0.599. The van der Waals surface area contributed by atoms with Crippen molar-refractivity contribution in [1.29, 1.82) is 0 Å². The van der Waals surface area contributed by atoms with Crippen LogP contribution >= 0.6 is 0 Å². The van der Waals surface area contributed by atoms with E-state index in [9.17, 15) is 24.0 Å². The number of nitrogens with zero attached hydrogens (tertiary/aromatic N) is 1. The Morgan fingerprint density at radius 1 is 1.03 bits per heavy atom. The van der Waals surface area contributed by atoms with Gasteiger partial charge in [-0.2, -0.15) is 0 Å². The van der Waals surface area contributed by atoms with Gasteiger partial charge in [-0.1, -0.05) is 30.3 Å². The molecule has 2 aromatic rings. The first-order chi connectivity index (χ1) is 14.8. The Hall–Kier alpha value is -4.01. The Balaban J connectivity index is 1.53. The van der Waals surface area contributed by atoms with Crippen molar-refractivity contribution in [2.45, 2.75) is 31.8 Å². The largest absolute Gasteiger partial charge is 0.481 e. The van der Waals surface area contributed by atoms with Gasteiger partial charge in [0.15, 0.2) is 0 Å². The van der Waals surface area contributed by atoms with Gasteiger partial charge >= 0.3 is 5.97 Å². The fraction of sp³-hybridized carbons (Fsp3) is 0.227. The van der Waals surface area contributed by atoms with E-state index in [-0.39, 0.29) is 30.4 Å². The van der Waals surface area contributed by atoms with Crippen LogP contribution in [0.25, 0.3) is 0 Å². The number of piperidine rings is 1. The zero-order valence-corrected chi connectivity index (χ0v) is 16.4. The molecule has 0 aromatic heterocycles. The second-order valence-electron chi connectivity index (χ2n) is 7.42. The minimum atomic E-state index is -1.01. The maximum Gasteiger partial charge on any atom is 0.307 e. The molecule has 4 rings (SSSR count). The molecule has 2 aliphatic rings. The summed E-state index contributed by atoms with van der Waals surface area (Å²) in [7, 11) is 0. The van der Waals surface area contributed by atoms with Crippen LogP contribution in [-0.4, -0.2) is 45.6 Å². The van der Waals surface area contributed by atoms with Gasteiger partial charge in [-0.25, -0.2) is 0 Å². The van der Waals surface area contributed by atoms with Crippen LogP contribution in [0.4, 0.5) is 5.69 Å². The highest BCUT2D eigenvalue weighted by Gasteiger charge is 2.45. The van der Waals surface area contributed by atoms with Crippen molar-refractivity contribution in [3.63, 3.8) is 0 Å². The van der Waals surface area contributed by atoms with Gasteiger partial charge in [0, 0.05) is 18.7 Å². The van der Waals surface area contributed by atoms with E-state index in [0.717, 1.165) is 10.5 Å². The summed E-state index contributed by atoms with van der Waals surface area (Å²) >= 11 is 0. The fourth-order valence-corrected chi connectivity index (χ4v) is 3.81. The second-order valence-corrected chi connectivity index (χ2v) is 7.42. The third-order valence-corrected chi connectivity index (χ3v) is 5.33. The van der Waals surface area contributed by atoms with Gasteiger partial charge in [-0.3, -0.25) is 34.2 Å². The number of anilines is 1. The highest BCUT2D eigenvalue weighted by Crippen LogP contribution is 2.32. The number of carboxylic acid groups (broad SMARTS) is 1. The molecule has 1 saturated heterocycles. The number of carbonyl (C=O) groups is 5. The lowest BCUT2D eigenvalue weighted by Gasteiger charge is -2.27. The minimum Gasteiger partial charge on any atom is -0.481 e. The Kier molecular flexibility index (Phi) is 5.24. The van der Waals surface area contributed by atoms with Gasteiger partial charge < -0.3 is 10.4 Å². The van der Waals surface area contributed by atoms with Crippen LogP contribution in [0, 0.1) is 0 Å². The van der Waals surface area contributed by atoms with Gasteiger partial charge in [0.2, 0.25) is 11.8 Å². The molecule has 0 saturated carbocycles. The number of aliphatic carboxylic acids is 1. The summed E-state index contributed by atoms with van der Waals surface area (Å²) in [5.74, 6) is -3.11. The van der Waals surface area contributed by atoms with E-state index in [1.165, 1.54) is 6.07 Å². The molecule has 158 valence electrons. The van der Waals surface area contributed by atoms with Gasteiger partial charge in [-0.15, -0.1) is 0 Å². The van der Waals surface area contributed by atoms with Crippen LogP contribution in [0.5, 0.6) is 0 Å². The number of amides is 4. The highest BCUT2D eigenvalue weighted by atomic mass is 16.4. The fourth-order valence-electron chi connectivity index (χ4n) is 3.81. The number of rotatable bonds is 6. The van der Waals surface area contributed by atoms with Gasteiger partial charge in [-0.05, 0) is 29.7 Å². The molecule has 0 radical (unpaired) electrons. The van der Waals surface area contributed by atoms with Crippen LogP contribution in [0.1, 0.15) is 44.7 Å². The van der Waals surface area contributed by atoms with Crippen molar-refractivity contribution in [2.75, 3.05) is 5.32 Å². The summed E-state index contributed by atoms with van der Waals surface area (Å²) in [4.78, 5) is 61.2. The normalized spacial score (nSPS) is 18.1. The van der Waals surface area contributed by atoms with E-state index >= 15 is 0 Å². The summed E-state index contributed by atoms with van der Waals surface area (Å²) in [5, 5.41) is 14.2. The molecule has 1 unspecified atom stereocenters. The van der Waals surface area contributed by atoms with Crippen molar-refractivity contribution in [1.82, 2.24) is 10.2 Å². The number of nitrogens with one attached hydrogen (secondary N) is 2. The van der Waals surface area contributed by atoms with Crippen LogP contribution in [-0.2, 0) is 27.3 Å². The maximum atomic E-state index is 13.1. The van der Waals surface area contributed by atoms with E-state index in [2.05, 4.69) is 10.6 Å². The van der Waals surface area contributed by atoms with Crippen molar-refractivity contribution in [2.24, 2.45) is 0 Å². The molecule has 3 N–H and O–H groups in total. The number of carboxylic acids is 1. The molecule has 2 heterocycles. The Bertz CT molecular complexity index is 1110. The minimum absolute atomic E-state index is 0.0623. The molecular weight excluding hydrogens is 402 g/mol. The van der Waals surface area contributed by atoms with Crippen LogP contribution < -0.4 is 10.6 Å². The van der Waals surface area contributed by atoms with Crippen LogP contribution in [0.15, 0.2) is 42.5 Å². The molecule has 9 nitrogen and oxygen atoms in total. The van der Waals surface area contributed by atoms with Crippen molar-refractivity contribution in [3.05, 3.63) is 64.7 Å². The second kappa shape index (κ2) is 8.02. The van der Waals surface area contributed by atoms with E-state index in [0.29, 0.717) is 17.8 Å². The number of hydrogen-bond donors (Lipinski definition) is 3. The summed E-state index contributed by atoms with van der Waals surface area (Å²) in [6, 6.07) is 10.9. The third-order valence-electron chi connectivity index (χ3n) is 5.33. The standard InChI is InChI=1S/C22H19N3O6/c26-17-9-8-16(20(29)24-17)25-21(30)14-2-1-3-15(19(14)22(25)31)23-11-13-6-4-12(5-7-13)10-18(27)28/h1-7,16,23H,8-11H2,(H,27,28)(H,24,26,29). The SMILES string of the molecule is O=C(O)Cc1ccc(CNc2cccc3c2C(=O)N(C2CCC(=O)NC2=O)C3=O)cc1. The summed E-state index contributed by atoms with van der Waals surface area (Å²) in [6.07, 6.45) is 0.0983. The first-order valence-electron chi connectivity index (χ1n) is 9.73. The van der Waals surface area contributed by atoms with Gasteiger partial charge in [0.25, 0.3) is 11.8 Å². The molecule has 31 heavy (non-hydrogen) atoms. The zero-order chi connectivity index (χ0) is 22.1. The molecule has 9 heteroatoms. The first-order valence-corrected chi connectivity index (χ1v) is 9.73. The molecule has 2 aromatic carbocycles. The monoisotopic (exact) mass is 421 g/mol. The molecule has 0 bridgehead atoms. The van der Waals surface area contributed by atoms with Crippen molar-refractivity contribution in [3.8, 4) is 0 Å². The number of hydrogen-bond acceptors (Lipinski definition) is 6. The summed E-state index contributed by atoms with van der Waals surface area (Å²) in [5.41, 5.74) is 2.40. The van der Waals surface area contributed by atoms with Crippen molar-refractivity contribution >= 4 is 35.3 Å². The zero-order valence-electron chi connectivity index (χ0n) is 16.4. The van der Waals surface area contributed by atoms with E-state index in [4.69, 9.17) is 5.11 Å². The van der Waals surface area contributed by atoms with E-state index in [1.807, 2.05) is 0 Å². The predicted octanol–water partition coefficient (Wildman–Crippen LogP) is 1.33. The molecule has 1 atom stereocenters. The predicted molar refractivity (Wildman–Crippen MR) is 108 cm³/mol. The first kappa shape index (κ1) is 20.3. The van der Waals surface area contributed by atoms with Gasteiger partial charge in [0.05, 0.1) is 17.5 Å². The molecule has 2 aliphatic heterocycles. The lowest BCUT2D eigenvalue weighted by molar-refractivity contribution is -0.137. The molecule has 1 fully saturated rings. The van der Waals surface area contributed by atoms with Crippen LogP contribution in [0.2, 0.25) is 0 Å². The average Bonchev–Trinajstić information content (AvgIpc) is 2.98. The summed E-state index contributed by atoms with van der Waals surface area (Å²) < 4.78 is 0. The van der Waals surface area contributed by atoms with Gasteiger partial charge in [0.1, 0.15) is 6.04 Å². The lowest BCUT2D eigenvalue weighted by Crippen LogP contribution is -2.54. The Morgan fingerprint density at radius 2 is 1.74 bits per heavy atom. The van der Waals surface area contributed by atoms with Crippen molar-refractivity contribution < 1.29 is 29.1 Å². The van der Waals surface area contributed by atoms with Crippen LogP contribution in [0.3, 0.4) is 0 Å². The van der Waals surface area contributed by atoms with E-state index in [1.54, 1.807) is 36.4 Å². The number of benzene rings is 2. The number of fused-ring (bicyclic) bond motifs is 1. The average molecular weight is 421 g/mol. The summed E-state index contributed by atoms with van der Waals surface area (Å²) in [6.45, 7) is 0.351. The maximum absolute atomic E-state index is 13.1. The Morgan fingerprint density at radius 3 is 2.42 bits per heavy atom. The molecule has 4 amide bonds. The molecule has 0 aliphatic carbocycles. The molecule has 0 spiro atoms. The highest BCUT2D eigenvalue weighted by molar-refractivity contribution is 6.25. The number of carbonyl (C=O) groups excluding carboxylic acids is 4. The Labute approximate surface area is 177 Å².